The molecule has 0 amide bonds. The largest absolute Gasteiger partial charge is 0.424 e. The average Bonchev–Trinajstić information content (AvgIpc) is 2.50. The van der Waals surface area contributed by atoms with E-state index in [-0.39, 0.29) is 10.8 Å². The van der Waals surface area contributed by atoms with Crippen molar-refractivity contribution in [3.05, 3.63) is 11.8 Å². The molecule has 1 rings (SSSR count). The van der Waals surface area contributed by atoms with Crippen molar-refractivity contribution in [2.45, 2.75) is 59.3 Å². The van der Waals surface area contributed by atoms with Gasteiger partial charge in [-0.1, -0.05) is 48.5 Å². The number of aromatic nitrogens is 2. The van der Waals surface area contributed by atoms with Gasteiger partial charge in [0, 0.05) is 10.8 Å². The van der Waals surface area contributed by atoms with Crippen molar-refractivity contribution >= 4 is 0 Å². The maximum absolute atomic E-state index is 5.75. The minimum atomic E-state index is -0.0711. The molecule has 0 fully saturated rings. The summed E-state index contributed by atoms with van der Waals surface area (Å²) in [5, 5.41) is 8.28. The van der Waals surface area contributed by atoms with Crippen molar-refractivity contribution in [3.63, 3.8) is 0 Å². The first kappa shape index (κ1) is 12.2. The van der Waals surface area contributed by atoms with Crippen molar-refractivity contribution in [2.75, 3.05) is 0 Å². The third-order valence-corrected chi connectivity index (χ3v) is 3.06. The summed E-state index contributed by atoms with van der Waals surface area (Å²) in [4.78, 5) is 0. The predicted octanol–water partition coefficient (Wildman–Crippen LogP) is 3.30. The van der Waals surface area contributed by atoms with Crippen LogP contribution in [0.25, 0.3) is 0 Å². The predicted molar refractivity (Wildman–Crippen MR) is 60.9 cm³/mol. The van der Waals surface area contributed by atoms with Crippen molar-refractivity contribution in [2.24, 2.45) is 5.92 Å². The molecule has 1 aromatic heterocycles. The van der Waals surface area contributed by atoms with E-state index >= 15 is 0 Å². The Bertz CT molecular complexity index is 332. The van der Waals surface area contributed by atoms with Gasteiger partial charge in [-0.3, -0.25) is 0 Å². The zero-order valence-corrected chi connectivity index (χ0v) is 10.9. The Hall–Kier alpha value is -0.860. The summed E-state index contributed by atoms with van der Waals surface area (Å²) in [6.07, 6.45) is 0. The standard InChI is InChI=1S/C12H22N2O/c1-8(2)12(6,7)10-14-13-9(15-10)11(3,4)5/h8H,1-7H3. The zero-order chi connectivity index (χ0) is 11.9. The van der Waals surface area contributed by atoms with E-state index in [2.05, 4.69) is 58.7 Å². The molecule has 0 aliphatic carbocycles. The first-order valence-electron chi connectivity index (χ1n) is 5.50. The molecule has 3 heteroatoms. The van der Waals surface area contributed by atoms with Crippen LogP contribution in [0, 0.1) is 5.92 Å². The van der Waals surface area contributed by atoms with Gasteiger partial charge < -0.3 is 4.42 Å². The minimum Gasteiger partial charge on any atom is -0.424 e. The molecule has 0 saturated carbocycles. The molecule has 0 N–H and O–H groups in total. The van der Waals surface area contributed by atoms with E-state index in [9.17, 15) is 0 Å². The van der Waals surface area contributed by atoms with E-state index in [0.29, 0.717) is 11.8 Å². The van der Waals surface area contributed by atoms with Crippen LogP contribution >= 0.6 is 0 Å². The molecule has 0 aliphatic rings. The van der Waals surface area contributed by atoms with Gasteiger partial charge in [-0.15, -0.1) is 10.2 Å². The van der Waals surface area contributed by atoms with Gasteiger partial charge in [0.1, 0.15) is 0 Å². The van der Waals surface area contributed by atoms with Crippen LogP contribution in [0.2, 0.25) is 0 Å². The lowest BCUT2D eigenvalue weighted by Crippen LogP contribution is -2.24. The van der Waals surface area contributed by atoms with E-state index in [1.807, 2.05) is 0 Å². The van der Waals surface area contributed by atoms with Gasteiger partial charge in [-0.25, -0.2) is 0 Å². The van der Waals surface area contributed by atoms with Gasteiger partial charge >= 0.3 is 0 Å². The van der Waals surface area contributed by atoms with Crippen molar-refractivity contribution in [1.82, 2.24) is 10.2 Å². The summed E-state index contributed by atoms with van der Waals surface area (Å²) in [6, 6.07) is 0. The molecule has 15 heavy (non-hydrogen) atoms. The Labute approximate surface area is 92.3 Å². The highest BCUT2D eigenvalue weighted by atomic mass is 16.4. The van der Waals surface area contributed by atoms with Gasteiger partial charge in [0.15, 0.2) is 0 Å². The SMILES string of the molecule is CC(C)C(C)(C)c1nnc(C(C)(C)C)o1. The molecular weight excluding hydrogens is 188 g/mol. The minimum absolute atomic E-state index is 0.0590. The molecule has 86 valence electrons. The van der Waals surface area contributed by atoms with E-state index < -0.39 is 0 Å². The summed E-state index contributed by atoms with van der Waals surface area (Å²) in [7, 11) is 0. The topological polar surface area (TPSA) is 38.9 Å². The molecule has 0 atom stereocenters. The molecule has 0 radical (unpaired) electrons. The lowest BCUT2D eigenvalue weighted by molar-refractivity contribution is 0.267. The first-order valence-corrected chi connectivity index (χ1v) is 5.50. The molecule has 0 saturated heterocycles. The van der Waals surface area contributed by atoms with Gasteiger partial charge in [0.25, 0.3) is 0 Å². The summed E-state index contributed by atoms with van der Waals surface area (Å²) >= 11 is 0. The summed E-state index contributed by atoms with van der Waals surface area (Å²) in [5.41, 5.74) is -0.130. The number of nitrogens with zero attached hydrogens (tertiary/aromatic N) is 2. The fourth-order valence-corrected chi connectivity index (χ4v) is 1.03. The van der Waals surface area contributed by atoms with Crippen LogP contribution in [0.15, 0.2) is 4.42 Å². The van der Waals surface area contributed by atoms with Crippen LogP contribution in [0.3, 0.4) is 0 Å². The number of hydrogen-bond acceptors (Lipinski definition) is 3. The van der Waals surface area contributed by atoms with Crippen LogP contribution in [0.4, 0.5) is 0 Å². The van der Waals surface area contributed by atoms with E-state index in [0.717, 1.165) is 5.89 Å². The maximum atomic E-state index is 5.75. The van der Waals surface area contributed by atoms with Crippen LogP contribution in [-0.4, -0.2) is 10.2 Å². The average molecular weight is 210 g/mol. The Morgan fingerprint density at radius 1 is 0.933 bits per heavy atom. The highest BCUT2D eigenvalue weighted by molar-refractivity contribution is 5.04. The molecule has 0 spiro atoms. The third-order valence-electron chi connectivity index (χ3n) is 3.06. The van der Waals surface area contributed by atoms with Crippen molar-refractivity contribution < 1.29 is 4.42 Å². The molecule has 1 aromatic rings. The lowest BCUT2D eigenvalue weighted by atomic mass is 9.81. The Kier molecular flexibility index (Phi) is 2.94. The molecule has 1 heterocycles. The second kappa shape index (κ2) is 3.62. The summed E-state index contributed by atoms with van der Waals surface area (Å²) < 4.78 is 5.75. The quantitative estimate of drug-likeness (QED) is 0.751. The van der Waals surface area contributed by atoms with Crippen LogP contribution < -0.4 is 0 Å². The van der Waals surface area contributed by atoms with E-state index in [1.165, 1.54) is 0 Å². The third kappa shape index (κ3) is 2.39. The summed E-state index contributed by atoms with van der Waals surface area (Å²) in [6.45, 7) is 14.8. The van der Waals surface area contributed by atoms with Crippen LogP contribution in [0.5, 0.6) is 0 Å². The molecule has 0 unspecified atom stereocenters. The van der Waals surface area contributed by atoms with Gasteiger partial charge in [0.05, 0.1) is 0 Å². The molecular formula is C12H22N2O. The second-order valence-electron chi connectivity index (χ2n) is 6.04. The Morgan fingerprint density at radius 2 is 1.40 bits per heavy atom. The number of hydrogen-bond donors (Lipinski definition) is 0. The van der Waals surface area contributed by atoms with E-state index in [1.54, 1.807) is 0 Å². The fourth-order valence-electron chi connectivity index (χ4n) is 1.03. The van der Waals surface area contributed by atoms with Crippen LogP contribution in [-0.2, 0) is 10.8 Å². The molecule has 0 aromatic carbocycles. The molecule has 0 aliphatic heterocycles. The first-order chi connectivity index (χ1) is 6.65. The second-order valence-corrected chi connectivity index (χ2v) is 6.04. The Balaban J connectivity index is 3.04. The molecule has 3 nitrogen and oxygen atoms in total. The highest BCUT2D eigenvalue weighted by Gasteiger charge is 2.32. The molecule has 0 bridgehead atoms. The lowest BCUT2D eigenvalue weighted by Gasteiger charge is -2.24. The highest BCUT2D eigenvalue weighted by Crippen LogP contribution is 2.32. The normalized spacial score (nSPS) is 13.6. The summed E-state index contributed by atoms with van der Waals surface area (Å²) in [5.74, 6) is 1.93. The van der Waals surface area contributed by atoms with Gasteiger partial charge in [-0.05, 0) is 5.92 Å². The smallest absolute Gasteiger partial charge is 0.222 e. The van der Waals surface area contributed by atoms with Crippen LogP contribution in [0.1, 0.15) is 60.2 Å². The zero-order valence-electron chi connectivity index (χ0n) is 10.9. The maximum Gasteiger partial charge on any atom is 0.222 e. The number of rotatable bonds is 2. The van der Waals surface area contributed by atoms with Crippen molar-refractivity contribution in [1.29, 1.82) is 0 Å². The van der Waals surface area contributed by atoms with Crippen molar-refractivity contribution in [3.8, 4) is 0 Å². The Morgan fingerprint density at radius 3 is 1.73 bits per heavy atom. The fraction of sp³-hybridized carbons (Fsp3) is 0.833. The van der Waals surface area contributed by atoms with Gasteiger partial charge in [-0.2, -0.15) is 0 Å². The van der Waals surface area contributed by atoms with E-state index in [4.69, 9.17) is 4.42 Å². The monoisotopic (exact) mass is 210 g/mol. The van der Waals surface area contributed by atoms with Gasteiger partial charge in [0.2, 0.25) is 11.8 Å².